The summed E-state index contributed by atoms with van der Waals surface area (Å²) in [5.74, 6) is -0.262. The number of ether oxygens (including phenoxy) is 1. The highest BCUT2D eigenvalue weighted by molar-refractivity contribution is 9.11. The maximum absolute atomic E-state index is 12.5. The maximum Gasteiger partial charge on any atom is 0.261 e. The van der Waals surface area contributed by atoms with Crippen molar-refractivity contribution in [2.45, 2.75) is 26.3 Å². The van der Waals surface area contributed by atoms with Crippen molar-refractivity contribution in [1.82, 2.24) is 5.32 Å². The van der Waals surface area contributed by atoms with Crippen LogP contribution in [0.5, 0.6) is 0 Å². The van der Waals surface area contributed by atoms with Gasteiger partial charge in [-0.05, 0) is 65.7 Å². The van der Waals surface area contributed by atoms with E-state index in [1.807, 2.05) is 38.1 Å². The number of carbonyl (C=O) groups is 3. The molecule has 4 rings (SSSR count). The van der Waals surface area contributed by atoms with Gasteiger partial charge in [0, 0.05) is 30.9 Å². The SMILES string of the molecule is C=CC.Cc1cc(N2CC(NC(=O)c3ccc(Br)s3)CC2=O)ccc1N1CCOCC1=O. The van der Waals surface area contributed by atoms with Crippen LogP contribution in [0.25, 0.3) is 0 Å². The molecule has 1 aromatic heterocycles. The Bertz CT molecular complexity index is 1020. The van der Waals surface area contributed by atoms with E-state index in [1.165, 1.54) is 11.3 Å². The highest BCUT2D eigenvalue weighted by Gasteiger charge is 2.32. The number of nitrogens with one attached hydrogen (secondary N) is 1. The molecule has 9 heteroatoms. The van der Waals surface area contributed by atoms with E-state index in [0.717, 1.165) is 20.7 Å². The molecule has 170 valence electrons. The van der Waals surface area contributed by atoms with Crippen molar-refractivity contribution in [1.29, 1.82) is 0 Å². The fourth-order valence-electron chi connectivity index (χ4n) is 3.63. The van der Waals surface area contributed by atoms with Gasteiger partial charge in [-0.1, -0.05) is 6.08 Å². The topological polar surface area (TPSA) is 79.0 Å². The van der Waals surface area contributed by atoms with Crippen molar-refractivity contribution in [2.75, 3.05) is 36.1 Å². The van der Waals surface area contributed by atoms with Gasteiger partial charge in [-0.3, -0.25) is 14.4 Å². The van der Waals surface area contributed by atoms with Gasteiger partial charge in [0.1, 0.15) is 6.61 Å². The first kappa shape index (κ1) is 24.2. The van der Waals surface area contributed by atoms with Crippen LogP contribution in [0.1, 0.15) is 28.6 Å². The molecule has 32 heavy (non-hydrogen) atoms. The zero-order valence-electron chi connectivity index (χ0n) is 18.1. The summed E-state index contributed by atoms with van der Waals surface area (Å²) in [6.07, 6.45) is 2.01. The molecule has 2 aromatic rings. The molecule has 1 N–H and O–H groups in total. The summed E-state index contributed by atoms with van der Waals surface area (Å²) < 4.78 is 6.08. The highest BCUT2D eigenvalue weighted by Crippen LogP contribution is 2.29. The Morgan fingerprint density at radius 1 is 1.25 bits per heavy atom. The van der Waals surface area contributed by atoms with Crippen LogP contribution >= 0.6 is 27.3 Å². The molecule has 3 amide bonds. The molecular formula is C23H26BrN3O4S. The molecule has 3 heterocycles. The van der Waals surface area contributed by atoms with Gasteiger partial charge in [-0.25, -0.2) is 0 Å². The number of carbonyl (C=O) groups excluding carboxylic acids is 3. The molecular weight excluding hydrogens is 494 g/mol. The molecule has 2 aliphatic heterocycles. The molecule has 0 radical (unpaired) electrons. The number of amides is 3. The quantitative estimate of drug-likeness (QED) is 0.621. The lowest BCUT2D eigenvalue weighted by molar-refractivity contribution is -0.125. The van der Waals surface area contributed by atoms with Crippen LogP contribution in [0.15, 0.2) is 46.8 Å². The Labute approximate surface area is 200 Å². The molecule has 0 bridgehead atoms. The second-order valence-electron chi connectivity index (χ2n) is 7.46. The smallest absolute Gasteiger partial charge is 0.261 e. The molecule has 0 saturated carbocycles. The van der Waals surface area contributed by atoms with E-state index in [4.69, 9.17) is 4.74 Å². The van der Waals surface area contributed by atoms with Crippen LogP contribution in [0, 0.1) is 6.92 Å². The lowest BCUT2D eigenvalue weighted by Crippen LogP contribution is -2.42. The van der Waals surface area contributed by atoms with E-state index < -0.39 is 0 Å². The minimum atomic E-state index is -0.239. The number of nitrogens with zero attached hydrogens (tertiary/aromatic N) is 2. The number of morpholine rings is 1. The summed E-state index contributed by atoms with van der Waals surface area (Å²) in [5.41, 5.74) is 2.52. The van der Waals surface area contributed by atoms with Gasteiger partial charge in [0.15, 0.2) is 0 Å². The number of hydrogen-bond donors (Lipinski definition) is 1. The van der Waals surface area contributed by atoms with E-state index in [9.17, 15) is 14.4 Å². The third-order valence-electron chi connectivity index (χ3n) is 5.03. The Balaban J connectivity index is 0.000000913. The van der Waals surface area contributed by atoms with Gasteiger partial charge in [-0.2, -0.15) is 0 Å². The third-order valence-corrected chi connectivity index (χ3v) is 6.65. The number of hydrogen-bond acceptors (Lipinski definition) is 5. The number of allylic oxidation sites excluding steroid dienone is 1. The first-order valence-corrected chi connectivity index (χ1v) is 11.9. The maximum atomic E-state index is 12.5. The summed E-state index contributed by atoms with van der Waals surface area (Å²) in [5, 5.41) is 2.94. The lowest BCUT2D eigenvalue weighted by Gasteiger charge is -2.29. The third kappa shape index (κ3) is 5.65. The second-order valence-corrected chi connectivity index (χ2v) is 9.92. The van der Waals surface area contributed by atoms with Crippen LogP contribution in [-0.2, 0) is 14.3 Å². The Kier molecular flexibility index (Phi) is 8.22. The van der Waals surface area contributed by atoms with Gasteiger partial charge in [-0.15, -0.1) is 17.9 Å². The van der Waals surface area contributed by atoms with E-state index >= 15 is 0 Å². The van der Waals surface area contributed by atoms with Crippen molar-refractivity contribution in [3.8, 4) is 0 Å². The fourth-order valence-corrected chi connectivity index (χ4v) is 4.92. The second kappa shape index (κ2) is 10.9. The van der Waals surface area contributed by atoms with E-state index in [1.54, 1.807) is 21.9 Å². The molecule has 1 aromatic carbocycles. The van der Waals surface area contributed by atoms with Gasteiger partial charge >= 0.3 is 0 Å². The van der Waals surface area contributed by atoms with Crippen LogP contribution in [0.2, 0.25) is 0 Å². The zero-order valence-corrected chi connectivity index (χ0v) is 20.5. The fraction of sp³-hybridized carbons (Fsp3) is 0.348. The van der Waals surface area contributed by atoms with E-state index in [2.05, 4.69) is 27.8 Å². The van der Waals surface area contributed by atoms with Gasteiger partial charge in [0.05, 0.1) is 21.3 Å². The predicted octanol–water partition coefficient (Wildman–Crippen LogP) is 3.91. The van der Waals surface area contributed by atoms with Crippen molar-refractivity contribution in [3.05, 3.63) is 57.2 Å². The highest BCUT2D eigenvalue weighted by atomic mass is 79.9. The summed E-state index contributed by atoms with van der Waals surface area (Å²) in [4.78, 5) is 41.0. The Hall–Kier alpha value is -2.49. The van der Waals surface area contributed by atoms with Gasteiger partial charge in [0.2, 0.25) is 5.91 Å². The van der Waals surface area contributed by atoms with Crippen molar-refractivity contribution in [3.63, 3.8) is 0 Å². The van der Waals surface area contributed by atoms with E-state index in [-0.39, 0.29) is 36.8 Å². The molecule has 1 atom stereocenters. The number of thiophene rings is 1. The average molecular weight is 520 g/mol. The standard InChI is InChI=1S/C20H20BrN3O4S.C3H6/c1-12-8-14(2-3-15(12)23-6-7-28-11-19(23)26)24-10-13(9-18(24)25)22-20(27)16-4-5-17(21)29-16;1-3-2/h2-5,8,13H,6-7,9-11H2,1H3,(H,22,27);3H,1H2,2H3. The molecule has 2 saturated heterocycles. The van der Waals surface area contributed by atoms with E-state index in [0.29, 0.717) is 24.6 Å². The molecule has 0 aliphatic carbocycles. The largest absolute Gasteiger partial charge is 0.370 e. The zero-order chi connectivity index (χ0) is 23.3. The minimum Gasteiger partial charge on any atom is -0.370 e. The van der Waals surface area contributed by atoms with Crippen molar-refractivity contribution < 1.29 is 19.1 Å². The lowest BCUT2D eigenvalue weighted by atomic mass is 10.1. The van der Waals surface area contributed by atoms with Gasteiger partial charge < -0.3 is 19.9 Å². The summed E-state index contributed by atoms with van der Waals surface area (Å²) in [6.45, 7) is 8.73. The van der Waals surface area contributed by atoms with Crippen molar-refractivity contribution in [2.24, 2.45) is 0 Å². The first-order valence-electron chi connectivity index (χ1n) is 10.3. The number of rotatable bonds is 4. The predicted molar refractivity (Wildman–Crippen MR) is 130 cm³/mol. The van der Waals surface area contributed by atoms with Crippen LogP contribution < -0.4 is 15.1 Å². The van der Waals surface area contributed by atoms with Gasteiger partial charge in [0.25, 0.3) is 11.8 Å². The summed E-state index contributed by atoms with van der Waals surface area (Å²) >= 11 is 4.71. The van der Waals surface area contributed by atoms with Crippen molar-refractivity contribution >= 4 is 56.4 Å². The number of anilines is 2. The minimum absolute atomic E-state index is 0.0303. The molecule has 0 spiro atoms. The van der Waals surface area contributed by atoms with Crippen LogP contribution in [0.4, 0.5) is 11.4 Å². The normalized spacial score (nSPS) is 18.3. The summed E-state index contributed by atoms with van der Waals surface area (Å²) in [6, 6.07) is 8.98. The molecule has 2 fully saturated rings. The van der Waals surface area contributed by atoms with Crippen LogP contribution in [-0.4, -0.2) is 50.1 Å². The summed E-state index contributed by atoms with van der Waals surface area (Å²) in [7, 11) is 0. The monoisotopic (exact) mass is 519 g/mol. The number of halogens is 1. The molecule has 7 nitrogen and oxygen atoms in total. The number of benzene rings is 1. The molecule has 1 unspecified atom stereocenters. The Morgan fingerprint density at radius 2 is 2.00 bits per heavy atom. The average Bonchev–Trinajstić information content (AvgIpc) is 3.35. The number of aryl methyl sites for hydroxylation is 1. The Morgan fingerprint density at radius 3 is 2.62 bits per heavy atom. The molecule has 2 aliphatic rings. The first-order chi connectivity index (χ1) is 15.3. The van der Waals surface area contributed by atoms with Crippen LogP contribution in [0.3, 0.4) is 0 Å².